The zero-order valence-corrected chi connectivity index (χ0v) is 28.3. The number of rotatable bonds is 5. The van der Waals surface area contributed by atoms with Gasteiger partial charge in [-0.2, -0.15) is 0 Å². The number of hydrogen-bond donors (Lipinski definition) is 0. The first-order chi connectivity index (χ1) is 25.2. The van der Waals surface area contributed by atoms with Crippen LogP contribution in [0.15, 0.2) is 176 Å². The van der Waals surface area contributed by atoms with Crippen molar-refractivity contribution < 1.29 is 0 Å². The summed E-state index contributed by atoms with van der Waals surface area (Å²) in [5, 5.41) is 7.39. The van der Waals surface area contributed by atoms with Gasteiger partial charge in [-0.05, 0) is 80.2 Å². The molecule has 0 aliphatic heterocycles. The van der Waals surface area contributed by atoms with Crippen molar-refractivity contribution in [3.8, 4) is 56.4 Å². The van der Waals surface area contributed by atoms with Gasteiger partial charge < -0.3 is 0 Å². The molecule has 0 saturated carbocycles. The molecule has 0 N–H and O–H groups in total. The molecule has 0 unspecified atom stereocenters. The van der Waals surface area contributed by atoms with Gasteiger partial charge in [0.2, 0.25) is 0 Å². The van der Waals surface area contributed by atoms with Gasteiger partial charge in [0.15, 0.2) is 17.5 Å². The summed E-state index contributed by atoms with van der Waals surface area (Å²) in [4.78, 5) is 15.6. The van der Waals surface area contributed by atoms with Crippen molar-refractivity contribution in [2.24, 2.45) is 0 Å². The summed E-state index contributed by atoms with van der Waals surface area (Å²) in [6, 6.07) is 62.2. The lowest BCUT2D eigenvalue weighted by atomic mass is 9.95. The van der Waals surface area contributed by atoms with Crippen LogP contribution in [0.3, 0.4) is 0 Å². The molecule has 2 heterocycles. The van der Waals surface area contributed by atoms with Gasteiger partial charge in [-0.25, -0.2) is 15.0 Å². The van der Waals surface area contributed by atoms with E-state index in [0.29, 0.717) is 17.5 Å². The summed E-state index contributed by atoms with van der Waals surface area (Å²) < 4.78 is 2.46. The Balaban J connectivity index is 1.24. The molecule has 2 aromatic heterocycles. The Labute approximate surface area is 299 Å². The molecule has 0 radical (unpaired) electrons. The summed E-state index contributed by atoms with van der Waals surface area (Å²) in [6.45, 7) is 0. The van der Waals surface area contributed by atoms with E-state index >= 15 is 0 Å². The average molecular weight is 668 g/mol. The molecule has 3 nitrogen and oxygen atoms in total. The predicted octanol–water partition coefficient (Wildman–Crippen LogP) is 12.9. The molecular weight excluding hydrogens is 639 g/mol. The summed E-state index contributed by atoms with van der Waals surface area (Å²) in [5.74, 6) is 1.95. The first-order valence-corrected chi connectivity index (χ1v) is 17.9. The van der Waals surface area contributed by atoms with Crippen LogP contribution in [0.25, 0.3) is 98.1 Å². The normalized spacial score (nSPS) is 11.5. The molecule has 238 valence electrons. The number of benzene rings is 8. The van der Waals surface area contributed by atoms with Gasteiger partial charge in [-0.15, -0.1) is 11.3 Å². The third-order valence-electron chi connectivity index (χ3n) is 9.67. The van der Waals surface area contributed by atoms with E-state index in [1.807, 2.05) is 29.5 Å². The van der Waals surface area contributed by atoms with Crippen molar-refractivity contribution in [1.29, 1.82) is 0 Å². The zero-order chi connectivity index (χ0) is 33.7. The SMILES string of the molecule is c1ccc(-c2cc(-c3ccccc3)cc(-c3nc(-c4ccccc4)nc(-c4cccc5sc6cc7ccc8ccccc8c7cc6c45)n3)c2)cc1. The minimum absolute atomic E-state index is 0.641. The molecule has 10 rings (SSSR count). The van der Waals surface area contributed by atoms with Crippen molar-refractivity contribution in [2.45, 2.75) is 0 Å². The highest BCUT2D eigenvalue weighted by molar-refractivity contribution is 7.26. The highest BCUT2D eigenvalue weighted by atomic mass is 32.1. The largest absolute Gasteiger partial charge is 0.208 e. The second-order valence-electron chi connectivity index (χ2n) is 12.8. The monoisotopic (exact) mass is 667 g/mol. The molecule has 4 heteroatoms. The fourth-order valence-corrected chi connectivity index (χ4v) is 8.37. The highest BCUT2D eigenvalue weighted by Gasteiger charge is 2.19. The number of fused-ring (bicyclic) bond motifs is 6. The minimum atomic E-state index is 0.641. The molecule has 0 aliphatic carbocycles. The average Bonchev–Trinajstić information content (AvgIpc) is 3.58. The van der Waals surface area contributed by atoms with Crippen molar-refractivity contribution >= 4 is 53.1 Å². The maximum absolute atomic E-state index is 5.30. The first-order valence-electron chi connectivity index (χ1n) is 17.1. The van der Waals surface area contributed by atoms with Crippen LogP contribution in [0.2, 0.25) is 0 Å². The number of nitrogens with zero attached hydrogens (tertiary/aromatic N) is 3. The highest BCUT2D eigenvalue weighted by Crippen LogP contribution is 2.43. The Bertz CT molecular complexity index is 2840. The van der Waals surface area contributed by atoms with Crippen molar-refractivity contribution in [2.75, 3.05) is 0 Å². The summed E-state index contributed by atoms with van der Waals surface area (Å²) in [7, 11) is 0. The molecule has 0 bridgehead atoms. The van der Waals surface area contributed by atoms with Crippen molar-refractivity contribution in [3.05, 3.63) is 176 Å². The fourth-order valence-electron chi connectivity index (χ4n) is 7.21. The number of aromatic nitrogens is 3. The molecule has 51 heavy (non-hydrogen) atoms. The van der Waals surface area contributed by atoms with Gasteiger partial charge >= 0.3 is 0 Å². The molecule has 0 saturated heterocycles. The second kappa shape index (κ2) is 12.1. The molecule has 0 aliphatic rings. The molecule has 0 fully saturated rings. The molecular formula is C47H29N3S. The summed E-state index contributed by atoms with van der Waals surface area (Å²) >= 11 is 1.82. The van der Waals surface area contributed by atoms with Gasteiger partial charge in [-0.1, -0.05) is 140 Å². The fraction of sp³-hybridized carbons (Fsp3) is 0. The molecule has 8 aromatic carbocycles. The van der Waals surface area contributed by atoms with Crippen LogP contribution >= 0.6 is 11.3 Å². The molecule has 0 amide bonds. The van der Waals surface area contributed by atoms with Gasteiger partial charge in [-0.3, -0.25) is 0 Å². The van der Waals surface area contributed by atoms with E-state index in [9.17, 15) is 0 Å². The van der Waals surface area contributed by atoms with E-state index in [-0.39, 0.29) is 0 Å². The van der Waals surface area contributed by atoms with Crippen LogP contribution in [0.4, 0.5) is 0 Å². The smallest absolute Gasteiger partial charge is 0.164 e. The minimum Gasteiger partial charge on any atom is -0.208 e. The Morgan fingerprint density at radius 2 is 0.882 bits per heavy atom. The van der Waals surface area contributed by atoms with Crippen LogP contribution in [-0.4, -0.2) is 15.0 Å². The Kier molecular flexibility index (Phi) is 7.00. The first kappa shape index (κ1) is 29.4. The third-order valence-corrected chi connectivity index (χ3v) is 10.8. The second-order valence-corrected chi connectivity index (χ2v) is 13.9. The van der Waals surface area contributed by atoms with Crippen molar-refractivity contribution in [3.63, 3.8) is 0 Å². The Morgan fingerprint density at radius 1 is 0.314 bits per heavy atom. The number of hydrogen-bond acceptors (Lipinski definition) is 4. The van der Waals surface area contributed by atoms with Gasteiger partial charge in [0.05, 0.1) is 0 Å². The van der Waals surface area contributed by atoms with Crippen LogP contribution in [0.1, 0.15) is 0 Å². The van der Waals surface area contributed by atoms with Crippen LogP contribution in [0.5, 0.6) is 0 Å². The summed E-state index contributed by atoms with van der Waals surface area (Å²) in [6.07, 6.45) is 0. The molecule has 0 atom stereocenters. The summed E-state index contributed by atoms with van der Waals surface area (Å²) in [5.41, 5.74) is 7.40. The van der Waals surface area contributed by atoms with E-state index in [2.05, 4.69) is 158 Å². The molecule has 0 spiro atoms. The standard InChI is InChI=1S/C47H29N3S/c1-4-13-30(14-5-1)35-25-36(31-15-6-2-7-16-31)27-37(26-35)46-48-45(33-18-8-3-9-19-33)49-47(50-46)39-21-12-22-42-44(39)41-29-40-34(28-43(41)51-42)24-23-32-17-10-11-20-38(32)40/h1-29H. The lowest BCUT2D eigenvalue weighted by molar-refractivity contribution is 1.08. The van der Waals surface area contributed by atoms with Gasteiger partial charge in [0.25, 0.3) is 0 Å². The van der Waals surface area contributed by atoms with Crippen LogP contribution < -0.4 is 0 Å². The maximum Gasteiger partial charge on any atom is 0.164 e. The van der Waals surface area contributed by atoms with Crippen LogP contribution in [-0.2, 0) is 0 Å². The van der Waals surface area contributed by atoms with Gasteiger partial charge in [0.1, 0.15) is 0 Å². The zero-order valence-electron chi connectivity index (χ0n) is 27.5. The van der Waals surface area contributed by atoms with Gasteiger partial charge in [0, 0.05) is 36.9 Å². The topological polar surface area (TPSA) is 38.7 Å². The predicted molar refractivity (Wildman–Crippen MR) is 215 cm³/mol. The quantitative estimate of drug-likeness (QED) is 0.171. The van der Waals surface area contributed by atoms with E-state index in [0.717, 1.165) is 38.9 Å². The van der Waals surface area contributed by atoms with E-state index in [1.54, 1.807) is 0 Å². The Morgan fingerprint density at radius 3 is 1.59 bits per heavy atom. The van der Waals surface area contributed by atoms with E-state index in [4.69, 9.17) is 15.0 Å². The van der Waals surface area contributed by atoms with Crippen LogP contribution in [0, 0.1) is 0 Å². The van der Waals surface area contributed by atoms with E-state index < -0.39 is 0 Å². The third kappa shape index (κ3) is 5.25. The Hall–Kier alpha value is -6.49. The van der Waals surface area contributed by atoms with E-state index in [1.165, 1.54) is 41.7 Å². The maximum atomic E-state index is 5.30. The lowest BCUT2D eigenvalue weighted by Crippen LogP contribution is -2.01. The number of thiophene rings is 1. The lowest BCUT2D eigenvalue weighted by Gasteiger charge is -2.13. The van der Waals surface area contributed by atoms with Crippen molar-refractivity contribution in [1.82, 2.24) is 15.0 Å². The molecule has 10 aromatic rings.